The Balaban J connectivity index is 1.88. The van der Waals surface area contributed by atoms with Gasteiger partial charge in [0.15, 0.2) is 0 Å². The number of carbonyl (C=O) groups is 1. The van der Waals surface area contributed by atoms with Crippen LogP contribution in [0.4, 0.5) is 0 Å². The van der Waals surface area contributed by atoms with Gasteiger partial charge in [-0.3, -0.25) is 10.1 Å². The minimum atomic E-state index is -0.259. The van der Waals surface area contributed by atoms with Crippen LogP contribution in [0.1, 0.15) is 50.3 Å². The Labute approximate surface area is 157 Å². The zero-order valence-electron chi connectivity index (χ0n) is 16.2. The van der Waals surface area contributed by atoms with E-state index in [1.807, 2.05) is 49.4 Å². The number of methoxy groups -OCH3 is 1. The van der Waals surface area contributed by atoms with E-state index in [9.17, 15) is 4.79 Å². The minimum absolute atomic E-state index is 0.0275. The summed E-state index contributed by atoms with van der Waals surface area (Å²) in [6.07, 6.45) is 0.907. The van der Waals surface area contributed by atoms with Gasteiger partial charge in [-0.25, -0.2) is 0 Å². The second kappa shape index (κ2) is 9.97. The first kappa shape index (κ1) is 20.0. The highest BCUT2D eigenvalue weighted by Crippen LogP contribution is 2.20. The van der Waals surface area contributed by atoms with E-state index in [1.54, 1.807) is 7.11 Å². The number of hydrogen-bond donors (Lipinski definition) is 2. The van der Waals surface area contributed by atoms with E-state index < -0.39 is 0 Å². The van der Waals surface area contributed by atoms with E-state index in [-0.39, 0.29) is 23.9 Å². The van der Waals surface area contributed by atoms with Crippen molar-refractivity contribution in [3.05, 3.63) is 65.7 Å². The number of rotatable bonds is 9. The number of ether oxygens (including phenoxy) is 1. The van der Waals surface area contributed by atoms with Crippen LogP contribution in [0.15, 0.2) is 54.6 Å². The molecule has 0 heterocycles. The van der Waals surface area contributed by atoms with Crippen LogP contribution in [0, 0.1) is 0 Å². The molecule has 2 aromatic carbocycles. The lowest BCUT2D eigenvalue weighted by Gasteiger charge is -2.23. The van der Waals surface area contributed by atoms with Gasteiger partial charge in [0.1, 0.15) is 5.75 Å². The van der Waals surface area contributed by atoms with Gasteiger partial charge in [0.05, 0.1) is 13.2 Å². The maximum absolute atomic E-state index is 12.5. The molecule has 3 unspecified atom stereocenters. The molecular formula is C22H30N2O2. The average Bonchev–Trinajstić information content (AvgIpc) is 2.70. The number of hydrogen-bond acceptors (Lipinski definition) is 3. The fourth-order valence-corrected chi connectivity index (χ4v) is 2.97. The highest BCUT2D eigenvalue weighted by Gasteiger charge is 2.18. The second-order valence-corrected chi connectivity index (χ2v) is 6.68. The fraction of sp³-hybridized carbons (Fsp3) is 0.409. The lowest BCUT2D eigenvalue weighted by atomic mass is 10.0. The van der Waals surface area contributed by atoms with Crippen LogP contribution in [0.2, 0.25) is 0 Å². The largest absolute Gasteiger partial charge is 0.497 e. The number of benzene rings is 2. The molecule has 0 saturated heterocycles. The van der Waals surface area contributed by atoms with Gasteiger partial charge in [-0.05, 0) is 42.5 Å². The van der Waals surface area contributed by atoms with E-state index in [1.165, 1.54) is 5.56 Å². The van der Waals surface area contributed by atoms with Gasteiger partial charge in [-0.1, -0.05) is 56.3 Å². The van der Waals surface area contributed by atoms with E-state index >= 15 is 0 Å². The summed E-state index contributed by atoms with van der Waals surface area (Å²) in [5.74, 6) is 1.15. The molecule has 0 radical (unpaired) electrons. The molecule has 4 heteroatoms. The predicted molar refractivity (Wildman–Crippen MR) is 106 cm³/mol. The summed E-state index contributed by atoms with van der Waals surface area (Å²) in [6.45, 7) is 6.78. The SMILES string of the molecule is CCC(NC(C)C(=O)NCC(C)c1ccccc1)c1ccc(OC)cc1. The molecule has 2 aromatic rings. The minimum Gasteiger partial charge on any atom is -0.497 e. The molecule has 140 valence electrons. The lowest BCUT2D eigenvalue weighted by molar-refractivity contribution is -0.123. The molecule has 2 N–H and O–H groups in total. The monoisotopic (exact) mass is 354 g/mol. The predicted octanol–water partition coefficient (Wildman–Crippen LogP) is 4.04. The summed E-state index contributed by atoms with van der Waals surface area (Å²) in [5.41, 5.74) is 2.39. The molecular weight excluding hydrogens is 324 g/mol. The topological polar surface area (TPSA) is 50.4 Å². The second-order valence-electron chi connectivity index (χ2n) is 6.68. The molecule has 2 rings (SSSR count). The van der Waals surface area contributed by atoms with Crippen molar-refractivity contribution in [2.75, 3.05) is 13.7 Å². The first-order chi connectivity index (χ1) is 12.5. The highest BCUT2D eigenvalue weighted by atomic mass is 16.5. The molecule has 26 heavy (non-hydrogen) atoms. The Hall–Kier alpha value is -2.33. The van der Waals surface area contributed by atoms with Crippen LogP contribution in [0.25, 0.3) is 0 Å². The van der Waals surface area contributed by atoms with Crippen molar-refractivity contribution in [2.45, 2.75) is 45.2 Å². The van der Waals surface area contributed by atoms with Gasteiger partial charge in [0.25, 0.3) is 0 Å². The van der Waals surface area contributed by atoms with Crippen molar-refractivity contribution < 1.29 is 9.53 Å². The first-order valence-electron chi connectivity index (χ1n) is 9.27. The summed E-state index contributed by atoms with van der Waals surface area (Å²) in [7, 11) is 1.66. The molecule has 0 aliphatic carbocycles. The van der Waals surface area contributed by atoms with Gasteiger partial charge in [0, 0.05) is 12.6 Å². The van der Waals surface area contributed by atoms with Crippen molar-refractivity contribution in [3.8, 4) is 5.75 Å². The number of carbonyl (C=O) groups excluding carboxylic acids is 1. The molecule has 0 saturated carbocycles. The Morgan fingerprint density at radius 2 is 1.65 bits per heavy atom. The summed E-state index contributed by atoms with van der Waals surface area (Å²) >= 11 is 0. The molecule has 0 bridgehead atoms. The zero-order chi connectivity index (χ0) is 18.9. The molecule has 1 amide bonds. The summed E-state index contributed by atoms with van der Waals surface area (Å²) < 4.78 is 5.21. The van der Waals surface area contributed by atoms with Crippen LogP contribution in [0.3, 0.4) is 0 Å². The Kier molecular flexibility index (Phi) is 7.67. The Morgan fingerprint density at radius 1 is 1.00 bits per heavy atom. The molecule has 0 spiro atoms. The van der Waals surface area contributed by atoms with Crippen molar-refractivity contribution in [1.82, 2.24) is 10.6 Å². The molecule has 0 aromatic heterocycles. The Morgan fingerprint density at radius 3 is 2.23 bits per heavy atom. The fourth-order valence-electron chi connectivity index (χ4n) is 2.97. The third-order valence-corrected chi connectivity index (χ3v) is 4.72. The maximum Gasteiger partial charge on any atom is 0.236 e. The number of nitrogens with one attached hydrogen (secondary N) is 2. The molecule has 0 aliphatic rings. The third kappa shape index (κ3) is 5.60. The van der Waals surface area contributed by atoms with Crippen LogP contribution in [-0.2, 0) is 4.79 Å². The normalized spacial score (nSPS) is 14.3. The maximum atomic E-state index is 12.5. The van der Waals surface area contributed by atoms with Crippen molar-refractivity contribution in [3.63, 3.8) is 0 Å². The number of amides is 1. The summed E-state index contributed by atoms with van der Waals surface area (Å²) in [5, 5.41) is 6.49. The van der Waals surface area contributed by atoms with Crippen molar-refractivity contribution >= 4 is 5.91 Å². The van der Waals surface area contributed by atoms with Crippen LogP contribution in [0.5, 0.6) is 5.75 Å². The van der Waals surface area contributed by atoms with Gasteiger partial charge in [-0.15, -0.1) is 0 Å². The molecule has 0 fully saturated rings. The van der Waals surface area contributed by atoms with E-state index in [0.717, 1.165) is 17.7 Å². The van der Waals surface area contributed by atoms with Gasteiger partial charge >= 0.3 is 0 Å². The summed E-state index contributed by atoms with van der Waals surface area (Å²) in [4.78, 5) is 12.5. The van der Waals surface area contributed by atoms with E-state index in [2.05, 4.69) is 36.6 Å². The standard InChI is InChI=1S/C22H30N2O2/c1-5-21(19-11-13-20(26-4)14-12-19)24-17(3)22(25)23-15-16(2)18-9-7-6-8-10-18/h6-14,16-17,21,24H,5,15H2,1-4H3,(H,23,25). The van der Waals surface area contributed by atoms with Gasteiger partial charge in [0.2, 0.25) is 5.91 Å². The molecule has 4 nitrogen and oxygen atoms in total. The highest BCUT2D eigenvalue weighted by molar-refractivity contribution is 5.81. The molecule has 0 aliphatic heterocycles. The quantitative estimate of drug-likeness (QED) is 0.714. The third-order valence-electron chi connectivity index (χ3n) is 4.72. The first-order valence-corrected chi connectivity index (χ1v) is 9.27. The van der Waals surface area contributed by atoms with Gasteiger partial charge in [-0.2, -0.15) is 0 Å². The van der Waals surface area contributed by atoms with Gasteiger partial charge < -0.3 is 10.1 Å². The van der Waals surface area contributed by atoms with E-state index in [0.29, 0.717) is 6.54 Å². The van der Waals surface area contributed by atoms with Crippen molar-refractivity contribution in [2.24, 2.45) is 0 Å². The lowest BCUT2D eigenvalue weighted by Crippen LogP contribution is -2.44. The van der Waals surface area contributed by atoms with Crippen LogP contribution < -0.4 is 15.4 Å². The average molecular weight is 354 g/mol. The molecule has 3 atom stereocenters. The van der Waals surface area contributed by atoms with Crippen molar-refractivity contribution in [1.29, 1.82) is 0 Å². The Bertz CT molecular complexity index is 670. The summed E-state index contributed by atoms with van der Waals surface area (Å²) in [6, 6.07) is 18.1. The smallest absolute Gasteiger partial charge is 0.236 e. The van der Waals surface area contributed by atoms with Crippen LogP contribution in [-0.4, -0.2) is 25.6 Å². The zero-order valence-corrected chi connectivity index (χ0v) is 16.2. The van der Waals surface area contributed by atoms with Crippen LogP contribution >= 0.6 is 0 Å². The van der Waals surface area contributed by atoms with E-state index in [4.69, 9.17) is 4.74 Å².